The molecule has 0 amide bonds. The van der Waals surface area contributed by atoms with Crippen LogP contribution in [0.3, 0.4) is 0 Å². The Morgan fingerprint density at radius 1 is 1.05 bits per heavy atom. The normalized spacial score (nSPS) is 20.9. The molecule has 0 saturated carbocycles. The van der Waals surface area contributed by atoms with Crippen molar-refractivity contribution < 1.29 is 5.11 Å². The molecule has 1 heterocycles. The Morgan fingerprint density at radius 2 is 1.75 bits per heavy atom. The first-order chi connectivity index (χ1) is 9.77. The van der Waals surface area contributed by atoms with E-state index in [0.29, 0.717) is 11.8 Å². The lowest BCUT2D eigenvalue weighted by Crippen LogP contribution is -2.26. The molecule has 0 spiro atoms. The first kappa shape index (κ1) is 13.2. The summed E-state index contributed by atoms with van der Waals surface area (Å²) in [6.07, 6.45) is 2.42. The SMILES string of the molecule is CC(c1ccccc1O)N1CCCC1c1ccccc1. The van der Waals surface area contributed by atoms with Gasteiger partial charge in [0.2, 0.25) is 0 Å². The molecule has 1 fully saturated rings. The molecule has 2 atom stereocenters. The lowest BCUT2D eigenvalue weighted by molar-refractivity contribution is 0.191. The highest BCUT2D eigenvalue weighted by Gasteiger charge is 2.30. The smallest absolute Gasteiger partial charge is 0.120 e. The number of nitrogens with zero attached hydrogens (tertiary/aromatic N) is 1. The topological polar surface area (TPSA) is 23.5 Å². The maximum atomic E-state index is 10.1. The largest absolute Gasteiger partial charge is 0.508 e. The maximum absolute atomic E-state index is 10.1. The summed E-state index contributed by atoms with van der Waals surface area (Å²) in [4.78, 5) is 2.50. The van der Waals surface area contributed by atoms with Gasteiger partial charge in [0, 0.05) is 17.6 Å². The number of hydrogen-bond donors (Lipinski definition) is 1. The van der Waals surface area contributed by atoms with E-state index in [0.717, 1.165) is 12.1 Å². The Kier molecular flexibility index (Phi) is 3.75. The maximum Gasteiger partial charge on any atom is 0.120 e. The molecule has 20 heavy (non-hydrogen) atoms. The molecule has 0 aromatic heterocycles. The van der Waals surface area contributed by atoms with Crippen LogP contribution in [0, 0.1) is 0 Å². The predicted octanol–water partition coefficient (Wildman–Crippen LogP) is 4.29. The second-order valence-electron chi connectivity index (χ2n) is 5.54. The summed E-state index contributed by atoms with van der Waals surface area (Å²) in [6.45, 7) is 3.28. The van der Waals surface area contributed by atoms with Crippen molar-refractivity contribution in [2.45, 2.75) is 31.8 Å². The summed E-state index contributed by atoms with van der Waals surface area (Å²) in [7, 11) is 0. The average Bonchev–Trinajstić information content (AvgIpc) is 2.97. The van der Waals surface area contributed by atoms with Gasteiger partial charge in [-0.15, -0.1) is 0 Å². The molecule has 2 nitrogen and oxygen atoms in total. The van der Waals surface area contributed by atoms with Gasteiger partial charge in [-0.05, 0) is 37.9 Å². The van der Waals surface area contributed by atoms with Crippen LogP contribution in [0.4, 0.5) is 0 Å². The molecule has 3 rings (SSSR count). The Hall–Kier alpha value is -1.80. The number of phenols is 1. The zero-order valence-corrected chi connectivity index (χ0v) is 11.9. The van der Waals surface area contributed by atoms with Crippen molar-refractivity contribution in [1.29, 1.82) is 0 Å². The minimum atomic E-state index is 0.240. The van der Waals surface area contributed by atoms with E-state index in [9.17, 15) is 5.11 Å². The van der Waals surface area contributed by atoms with Crippen molar-refractivity contribution in [3.8, 4) is 5.75 Å². The van der Waals surface area contributed by atoms with E-state index in [1.165, 1.54) is 18.4 Å². The van der Waals surface area contributed by atoms with Gasteiger partial charge >= 0.3 is 0 Å². The van der Waals surface area contributed by atoms with Crippen LogP contribution in [0.5, 0.6) is 5.75 Å². The van der Waals surface area contributed by atoms with Gasteiger partial charge in [0.05, 0.1) is 0 Å². The quantitative estimate of drug-likeness (QED) is 0.896. The van der Waals surface area contributed by atoms with E-state index in [4.69, 9.17) is 0 Å². The molecule has 0 radical (unpaired) electrons. The Labute approximate surface area is 120 Å². The van der Waals surface area contributed by atoms with Crippen LogP contribution in [0.15, 0.2) is 54.6 Å². The van der Waals surface area contributed by atoms with Gasteiger partial charge < -0.3 is 5.11 Å². The van der Waals surface area contributed by atoms with E-state index in [1.807, 2.05) is 18.2 Å². The molecule has 1 aliphatic rings. The van der Waals surface area contributed by atoms with Crippen molar-refractivity contribution in [2.24, 2.45) is 0 Å². The number of rotatable bonds is 3. The second-order valence-corrected chi connectivity index (χ2v) is 5.54. The minimum absolute atomic E-state index is 0.240. The average molecular weight is 267 g/mol. The Morgan fingerprint density at radius 3 is 2.50 bits per heavy atom. The Bertz CT molecular complexity index is 567. The van der Waals surface area contributed by atoms with E-state index >= 15 is 0 Å². The summed E-state index contributed by atoms with van der Waals surface area (Å²) in [5, 5.41) is 10.1. The lowest BCUT2D eigenvalue weighted by atomic mass is 10.0. The second kappa shape index (κ2) is 5.68. The van der Waals surface area contributed by atoms with Gasteiger partial charge in [0.25, 0.3) is 0 Å². The molecule has 2 heteroatoms. The molecule has 1 aliphatic heterocycles. The first-order valence-electron chi connectivity index (χ1n) is 7.36. The van der Waals surface area contributed by atoms with E-state index in [-0.39, 0.29) is 6.04 Å². The predicted molar refractivity (Wildman–Crippen MR) is 81.6 cm³/mol. The fraction of sp³-hybridized carbons (Fsp3) is 0.333. The highest BCUT2D eigenvalue weighted by atomic mass is 16.3. The zero-order valence-electron chi connectivity index (χ0n) is 11.9. The number of hydrogen-bond acceptors (Lipinski definition) is 2. The first-order valence-corrected chi connectivity index (χ1v) is 7.36. The summed E-state index contributed by atoms with van der Waals surface area (Å²) in [5.74, 6) is 0.402. The van der Waals surface area contributed by atoms with Gasteiger partial charge in [-0.3, -0.25) is 4.90 Å². The molecule has 2 aromatic rings. The van der Waals surface area contributed by atoms with Crippen molar-refractivity contribution >= 4 is 0 Å². The van der Waals surface area contributed by atoms with Crippen LogP contribution >= 0.6 is 0 Å². The minimum Gasteiger partial charge on any atom is -0.508 e. The van der Waals surface area contributed by atoms with Crippen LogP contribution in [0.2, 0.25) is 0 Å². The lowest BCUT2D eigenvalue weighted by Gasteiger charge is -2.31. The van der Waals surface area contributed by atoms with Crippen LogP contribution in [0.1, 0.15) is 43.0 Å². The van der Waals surface area contributed by atoms with Crippen LogP contribution in [-0.4, -0.2) is 16.6 Å². The van der Waals surface area contributed by atoms with E-state index in [1.54, 1.807) is 6.07 Å². The Balaban J connectivity index is 1.87. The highest BCUT2D eigenvalue weighted by Crippen LogP contribution is 2.40. The van der Waals surface area contributed by atoms with Crippen molar-refractivity contribution in [3.05, 3.63) is 65.7 Å². The molecule has 1 saturated heterocycles. The number of para-hydroxylation sites is 1. The third-order valence-corrected chi connectivity index (χ3v) is 4.36. The van der Waals surface area contributed by atoms with Gasteiger partial charge in [-0.1, -0.05) is 48.5 Å². The molecule has 0 bridgehead atoms. The summed E-state index contributed by atoms with van der Waals surface area (Å²) in [5.41, 5.74) is 2.41. The summed E-state index contributed by atoms with van der Waals surface area (Å²) < 4.78 is 0. The molecule has 2 aromatic carbocycles. The van der Waals surface area contributed by atoms with Crippen LogP contribution in [-0.2, 0) is 0 Å². The van der Waals surface area contributed by atoms with Crippen molar-refractivity contribution in [2.75, 3.05) is 6.54 Å². The standard InChI is InChI=1S/C18H21NO/c1-14(16-10-5-6-12-18(16)20)19-13-7-11-17(19)15-8-3-2-4-9-15/h2-6,8-10,12,14,17,20H,7,11,13H2,1H3. The third-order valence-electron chi connectivity index (χ3n) is 4.36. The summed E-state index contributed by atoms with van der Waals surface area (Å²) in [6, 6.07) is 19.1. The molecule has 0 aliphatic carbocycles. The van der Waals surface area contributed by atoms with E-state index < -0.39 is 0 Å². The fourth-order valence-electron chi connectivity index (χ4n) is 3.31. The molecule has 104 valence electrons. The van der Waals surface area contributed by atoms with Gasteiger partial charge in [-0.2, -0.15) is 0 Å². The highest BCUT2D eigenvalue weighted by molar-refractivity contribution is 5.35. The molecule has 1 N–H and O–H groups in total. The zero-order chi connectivity index (χ0) is 13.9. The monoisotopic (exact) mass is 267 g/mol. The van der Waals surface area contributed by atoms with Crippen molar-refractivity contribution in [3.63, 3.8) is 0 Å². The molecular formula is C18H21NO. The summed E-state index contributed by atoms with van der Waals surface area (Å²) >= 11 is 0. The van der Waals surface area contributed by atoms with Gasteiger partial charge in [0.1, 0.15) is 5.75 Å². The van der Waals surface area contributed by atoms with Crippen molar-refractivity contribution in [1.82, 2.24) is 4.90 Å². The van der Waals surface area contributed by atoms with Crippen LogP contribution in [0.25, 0.3) is 0 Å². The number of likely N-dealkylation sites (tertiary alicyclic amines) is 1. The van der Waals surface area contributed by atoms with Crippen LogP contribution < -0.4 is 0 Å². The number of phenolic OH excluding ortho intramolecular Hbond substituents is 1. The molecular weight excluding hydrogens is 246 g/mol. The third kappa shape index (κ3) is 2.44. The molecule has 2 unspecified atom stereocenters. The van der Waals surface area contributed by atoms with E-state index in [2.05, 4.69) is 42.2 Å². The fourth-order valence-corrected chi connectivity index (χ4v) is 3.31. The van der Waals surface area contributed by atoms with Gasteiger partial charge in [0.15, 0.2) is 0 Å². The van der Waals surface area contributed by atoms with Gasteiger partial charge in [-0.25, -0.2) is 0 Å². The number of aromatic hydroxyl groups is 1. The number of benzene rings is 2.